The number of likely N-dealkylation sites (tertiary alicyclic amines) is 1. The highest BCUT2D eigenvalue weighted by atomic mass is 19.4. The summed E-state index contributed by atoms with van der Waals surface area (Å²) in [6.07, 6.45) is -5.09. The average Bonchev–Trinajstić information content (AvgIpc) is 2.73. The van der Waals surface area contributed by atoms with Gasteiger partial charge in [0.25, 0.3) is 0 Å². The molecule has 0 aromatic heterocycles. The minimum absolute atomic E-state index is 0.150. The number of β-amino-alcohol motifs (C(OH)–C–C–N with tert-alkyl or cyclic N) is 1. The van der Waals surface area contributed by atoms with E-state index < -0.39 is 35.6 Å². The number of rotatable bonds is 5. The number of carbonyl (C=O) groups is 1. The first kappa shape index (κ1) is 24.9. The molecular formula is C25H30F3NO4. The number of alkyl halides is 3. The summed E-state index contributed by atoms with van der Waals surface area (Å²) in [6.45, 7) is 5.96. The molecular weight excluding hydrogens is 435 g/mol. The maximum Gasteiger partial charge on any atom is 0.416 e. The molecule has 1 aliphatic heterocycles. The molecule has 1 aliphatic rings. The molecule has 1 heterocycles. The zero-order valence-electron chi connectivity index (χ0n) is 19.0. The fraction of sp³-hybridized carbons (Fsp3) is 0.480. The molecule has 33 heavy (non-hydrogen) atoms. The van der Waals surface area contributed by atoms with Crippen LogP contribution in [0.2, 0.25) is 0 Å². The number of halogens is 3. The van der Waals surface area contributed by atoms with E-state index in [0.29, 0.717) is 25.1 Å². The summed E-state index contributed by atoms with van der Waals surface area (Å²) in [6, 6.07) is 14.0. The van der Waals surface area contributed by atoms with Crippen LogP contribution in [0.25, 0.3) is 0 Å². The predicted molar refractivity (Wildman–Crippen MR) is 118 cm³/mol. The Kier molecular flexibility index (Phi) is 7.57. The van der Waals surface area contributed by atoms with E-state index in [1.54, 1.807) is 20.8 Å². The van der Waals surface area contributed by atoms with Gasteiger partial charge in [-0.25, -0.2) is 4.79 Å². The van der Waals surface area contributed by atoms with Gasteiger partial charge in [0.15, 0.2) is 0 Å². The number of aliphatic hydroxyl groups is 1. The van der Waals surface area contributed by atoms with E-state index in [1.165, 1.54) is 17.0 Å². The summed E-state index contributed by atoms with van der Waals surface area (Å²) in [4.78, 5) is 13.8. The number of aliphatic hydroxyl groups excluding tert-OH is 1. The third kappa shape index (κ3) is 7.12. The summed E-state index contributed by atoms with van der Waals surface area (Å²) >= 11 is 0. The van der Waals surface area contributed by atoms with E-state index in [4.69, 9.17) is 9.47 Å². The van der Waals surface area contributed by atoms with Crippen molar-refractivity contribution in [2.75, 3.05) is 13.1 Å². The number of hydrogen-bond acceptors (Lipinski definition) is 4. The SMILES string of the molecule is CC(C)(C)OC(=O)N1CC[C@@H](C[C@@H](Oc2ccc(C(F)(F)F)cc2)c2ccccc2)[C@H](O)C1. The first-order valence-electron chi connectivity index (χ1n) is 11.0. The Morgan fingerprint density at radius 1 is 1.09 bits per heavy atom. The van der Waals surface area contributed by atoms with E-state index in [-0.39, 0.29) is 12.5 Å². The van der Waals surface area contributed by atoms with Crippen molar-refractivity contribution >= 4 is 6.09 Å². The zero-order valence-corrected chi connectivity index (χ0v) is 19.0. The van der Waals surface area contributed by atoms with Crippen molar-refractivity contribution in [2.45, 2.75) is 57.6 Å². The number of ether oxygens (including phenoxy) is 2. The fourth-order valence-corrected chi connectivity index (χ4v) is 3.83. The molecule has 0 aliphatic carbocycles. The molecule has 1 saturated heterocycles. The van der Waals surface area contributed by atoms with Gasteiger partial charge in [-0.3, -0.25) is 0 Å². The van der Waals surface area contributed by atoms with Crippen LogP contribution in [-0.2, 0) is 10.9 Å². The summed E-state index contributed by atoms with van der Waals surface area (Å²) < 4.78 is 50.1. The molecule has 2 aromatic carbocycles. The Bertz CT molecular complexity index is 910. The van der Waals surface area contributed by atoms with Gasteiger partial charge >= 0.3 is 12.3 Å². The fourth-order valence-electron chi connectivity index (χ4n) is 3.83. The number of benzene rings is 2. The van der Waals surface area contributed by atoms with Crippen LogP contribution in [0, 0.1) is 5.92 Å². The van der Waals surface area contributed by atoms with Crippen LogP contribution in [-0.4, -0.2) is 40.9 Å². The molecule has 3 rings (SSSR count). The lowest BCUT2D eigenvalue weighted by Gasteiger charge is -2.38. The van der Waals surface area contributed by atoms with Crippen LogP contribution >= 0.6 is 0 Å². The van der Waals surface area contributed by atoms with E-state index in [1.807, 2.05) is 30.3 Å². The third-order valence-corrected chi connectivity index (χ3v) is 5.52. The standard InChI is InChI=1S/C25H30F3NO4/c1-24(2,3)33-23(31)29-14-13-18(21(30)16-29)15-22(17-7-5-4-6-8-17)32-20-11-9-19(10-12-20)25(26,27)28/h4-12,18,21-22,30H,13-16H2,1-3H3/t18-,21+,22+/m0/s1. The number of piperidine rings is 1. The number of amides is 1. The molecule has 3 atom stereocenters. The second-order valence-corrected chi connectivity index (χ2v) is 9.32. The second kappa shape index (κ2) is 10.0. The van der Waals surface area contributed by atoms with Crippen molar-refractivity contribution in [3.05, 3.63) is 65.7 Å². The highest BCUT2D eigenvalue weighted by Gasteiger charge is 2.35. The molecule has 2 aromatic rings. The van der Waals surface area contributed by atoms with Gasteiger partial charge in [0.2, 0.25) is 0 Å². The van der Waals surface area contributed by atoms with Gasteiger partial charge in [-0.15, -0.1) is 0 Å². The molecule has 1 N–H and O–H groups in total. The molecule has 180 valence electrons. The Morgan fingerprint density at radius 2 is 1.73 bits per heavy atom. The molecule has 5 nitrogen and oxygen atoms in total. The molecule has 0 radical (unpaired) electrons. The van der Waals surface area contributed by atoms with Crippen LogP contribution in [0.15, 0.2) is 54.6 Å². The van der Waals surface area contributed by atoms with Crippen molar-refractivity contribution in [1.29, 1.82) is 0 Å². The van der Waals surface area contributed by atoms with Gasteiger partial charge < -0.3 is 19.5 Å². The third-order valence-electron chi connectivity index (χ3n) is 5.52. The number of nitrogens with zero attached hydrogens (tertiary/aromatic N) is 1. The smallest absolute Gasteiger partial charge is 0.416 e. The molecule has 0 spiro atoms. The first-order chi connectivity index (χ1) is 15.4. The molecule has 8 heteroatoms. The summed E-state index contributed by atoms with van der Waals surface area (Å²) in [5.74, 6) is 0.167. The van der Waals surface area contributed by atoms with Crippen molar-refractivity contribution in [3.8, 4) is 5.75 Å². The lowest BCUT2D eigenvalue weighted by atomic mass is 9.87. The van der Waals surface area contributed by atoms with Crippen molar-refractivity contribution in [2.24, 2.45) is 5.92 Å². The summed E-state index contributed by atoms with van der Waals surface area (Å²) in [7, 11) is 0. The Hall–Kier alpha value is -2.74. The highest BCUT2D eigenvalue weighted by Crippen LogP contribution is 2.35. The Morgan fingerprint density at radius 3 is 2.27 bits per heavy atom. The largest absolute Gasteiger partial charge is 0.486 e. The van der Waals surface area contributed by atoms with Crippen molar-refractivity contribution < 1.29 is 32.5 Å². The maximum absolute atomic E-state index is 12.9. The van der Waals surface area contributed by atoms with E-state index in [9.17, 15) is 23.1 Å². The minimum atomic E-state index is -4.41. The second-order valence-electron chi connectivity index (χ2n) is 9.32. The minimum Gasteiger partial charge on any atom is -0.486 e. The van der Waals surface area contributed by atoms with Crippen LogP contribution in [0.5, 0.6) is 5.75 Å². The van der Waals surface area contributed by atoms with Gasteiger partial charge in [0, 0.05) is 6.54 Å². The van der Waals surface area contributed by atoms with Crippen LogP contribution in [0.4, 0.5) is 18.0 Å². The predicted octanol–water partition coefficient (Wildman–Crippen LogP) is 5.83. The first-order valence-corrected chi connectivity index (χ1v) is 11.0. The molecule has 1 amide bonds. The maximum atomic E-state index is 12.9. The quantitative estimate of drug-likeness (QED) is 0.603. The van der Waals surface area contributed by atoms with Crippen LogP contribution in [0.3, 0.4) is 0 Å². The van der Waals surface area contributed by atoms with Gasteiger partial charge in [0.05, 0.1) is 18.2 Å². The van der Waals surface area contributed by atoms with E-state index in [0.717, 1.165) is 17.7 Å². The monoisotopic (exact) mass is 465 g/mol. The highest BCUT2D eigenvalue weighted by molar-refractivity contribution is 5.68. The van der Waals surface area contributed by atoms with Gasteiger partial charge in [-0.2, -0.15) is 13.2 Å². The van der Waals surface area contributed by atoms with E-state index >= 15 is 0 Å². The lowest BCUT2D eigenvalue weighted by molar-refractivity contribution is -0.137. The topological polar surface area (TPSA) is 59.0 Å². The molecule has 0 bridgehead atoms. The zero-order chi connectivity index (χ0) is 24.2. The number of carbonyl (C=O) groups excluding carboxylic acids is 1. The average molecular weight is 466 g/mol. The normalized spacial score (nSPS) is 20.3. The Labute approximate surface area is 192 Å². The van der Waals surface area contributed by atoms with E-state index in [2.05, 4.69) is 0 Å². The molecule has 0 unspecified atom stereocenters. The lowest BCUT2D eigenvalue weighted by Crippen LogP contribution is -2.48. The van der Waals surface area contributed by atoms with Crippen molar-refractivity contribution in [1.82, 2.24) is 4.90 Å². The summed E-state index contributed by atoms with van der Waals surface area (Å²) in [5.41, 5.74) is -0.498. The van der Waals surface area contributed by atoms with Gasteiger partial charge in [-0.05, 0) is 69.4 Å². The van der Waals surface area contributed by atoms with Gasteiger partial charge in [-0.1, -0.05) is 30.3 Å². The molecule has 0 saturated carbocycles. The summed E-state index contributed by atoms with van der Waals surface area (Å²) in [5, 5.41) is 10.7. The van der Waals surface area contributed by atoms with Gasteiger partial charge in [0.1, 0.15) is 17.5 Å². The Balaban J connectivity index is 1.70. The van der Waals surface area contributed by atoms with Crippen LogP contribution in [0.1, 0.15) is 50.8 Å². The van der Waals surface area contributed by atoms with Crippen molar-refractivity contribution in [3.63, 3.8) is 0 Å². The van der Waals surface area contributed by atoms with Crippen LogP contribution < -0.4 is 4.74 Å². The number of hydrogen-bond donors (Lipinski definition) is 1. The molecule has 1 fully saturated rings.